The van der Waals surface area contributed by atoms with Crippen LogP contribution in [0.4, 0.5) is 18.3 Å². The highest BCUT2D eigenvalue weighted by Crippen LogP contribution is 2.41. The largest absolute Gasteiger partial charge is 0.497 e. The maximum Gasteiger partial charge on any atom is 0.434 e. The van der Waals surface area contributed by atoms with Gasteiger partial charge in [0.2, 0.25) is 5.13 Å². The van der Waals surface area contributed by atoms with Gasteiger partial charge in [-0.05, 0) is 42.0 Å². The van der Waals surface area contributed by atoms with Crippen LogP contribution in [0, 0.1) is 0 Å². The molecule has 0 atom stereocenters. The smallest absolute Gasteiger partial charge is 0.434 e. The van der Waals surface area contributed by atoms with E-state index in [-0.39, 0.29) is 15.7 Å². The van der Waals surface area contributed by atoms with E-state index in [4.69, 9.17) is 4.74 Å². The average molecular weight is 378 g/mol. The molecule has 0 amide bonds. The van der Waals surface area contributed by atoms with Gasteiger partial charge in [0.1, 0.15) is 5.75 Å². The van der Waals surface area contributed by atoms with Crippen molar-refractivity contribution in [3.8, 4) is 16.3 Å². The number of methoxy groups -OCH3 is 1. The van der Waals surface area contributed by atoms with Crippen LogP contribution < -0.4 is 10.2 Å². The predicted octanol–water partition coefficient (Wildman–Crippen LogP) is 4.68. The summed E-state index contributed by atoms with van der Waals surface area (Å²) in [4.78, 5) is 7.54. The van der Waals surface area contributed by atoms with Crippen LogP contribution in [-0.2, 0) is 6.18 Å². The molecule has 0 spiro atoms. The zero-order chi connectivity index (χ0) is 18.6. The first-order valence-electron chi connectivity index (χ1n) is 7.40. The first-order valence-corrected chi connectivity index (χ1v) is 8.21. The number of hydrogen-bond donors (Lipinski definition) is 1. The van der Waals surface area contributed by atoms with Crippen LogP contribution in [0.25, 0.3) is 10.6 Å². The Balaban J connectivity index is 1.82. The number of hydrazone groups is 1. The molecule has 2 heterocycles. The monoisotopic (exact) mass is 378 g/mol. The fourth-order valence-corrected chi connectivity index (χ4v) is 2.99. The molecule has 1 N–H and O–H groups in total. The lowest BCUT2D eigenvalue weighted by molar-refractivity contribution is -0.140. The third-order valence-electron chi connectivity index (χ3n) is 3.28. The maximum atomic E-state index is 13.2. The van der Waals surface area contributed by atoms with E-state index in [0.717, 1.165) is 16.9 Å². The standard InChI is InChI=1S/C17H13F3N4OS/c1-25-12-7-5-11(6-8-12)10-22-24-16-23-15(17(18,19)20)14(26-16)13-4-2-3-9-21-13/h2-10H,1H3,(H,23,24)/b22-10+. The Labute approximate surface area is 151 Å². The lowest BCUT2D eigenvalue weighted by Gasteiger charge is -2.04. The number of rotatable bonds is 5. The number of alkyl halides is 3. The summed E-state index contributed by atoms with van der Waals surface area (Å²) in [5.74, 6) is 0.699. The number of aromatic nitrogens is 2. The molecule has 2 aromatic heterocycles. The number of nitrogens with one attached hydrogen (secondary N) is 1. The molecule has 3 aromatic rings. The fourth-order valence-electron chi connectivity index (χ4n) is 2.08. The molecule has 0 aliphatic carbocycles. The summed E-state index contributed by atoms with van der Waals surface area (Å²) in [7, 11) is 1.56. The van der Waals surface area contributed by atoms with E-state index < -0.39 is 11.9 Å². The molecule has 0 bridgehead atoms. The summed E-state index contributed by atoms with van der Waals surface area (Å²) < 4.78 is 44.8. The van der Waals surface area contributed by atoms with Gasteiger partial charge in [0.25, 0.3) is 0 Å². The second-order valence-corrected chi connectivity index (χ2v) is 6.05. The van der Waals surface area contributed by atoms with Crippen LogP contribution >= 0.6 is 11.3 Å². The zero-order valence-corrected chi connectivity index (χ0v) is 14.3. The van der Waals surface area contributed by atoms with Crippen molar-refractivity contribution in [1.29, 1.82) is 0 Å². The van der Waals surface area contributed by atoms with Gasteiger partial charge in [-0.25, -0.2) is 4.98 Å². The minimum atomic E-state index is -4.58. The SMILES string of the molecule is COc1ccc(/C=N/Nc2nc(C(F)(F)F)c(-c3ccccn3)s2)cc1. The molecule has 0 radical (unpaired) electrons. The molecule has 0 saturated carbocycles. The molecule has 0 fully saturated rings. The van der Waals surface area contributed by atoms with Crippen LogP contribution in [0.2, 0.25) is 0 Å². The lowest BCUT2D eigenvalue weighted by Crippen LogP contribution is -2.07. The molecular formula is C17H13F3N4OS. The molecule has 0 aliphatic rings. The van der Waals surface area contributed by atoms with Gasteiger partial charge in [0.15, 0.2) is 5.69 Å². The number of thiazole rings is 1. The Kier molecular flexibility index (Phi) is 5.17. The summed E-state index contributed by atoms with van der Waals surface area (Å²) >= 11 is 0.842. The number of nitrogens with zero attached hydrogens (tertiary/aromatic N) is 3. The zero-order valence-electron chi connectivity index (χ0n) is 13.5. The van der Waals surface area contributed by atoms with Gasteiger partial charge < -0.3 is 4.74 Å². The molecule has 134 valence electrons. The number of halogens is 3. The highest BCUT2D eigenvalue weighted by molar-refractivity contribution is 7.19. The van der Waals surface area contributed by atoms with Crippen molar-refractivity contribution < 1.29 is 17.9 Å². The number of ether oxygens (including phenoxy) is 1. The van der Waals surface area contributed by atoms with Crippen molar-refractivity contribution >= 4 is 22.7 Å². The van der Waals surface area contributed by atoms with Gasteiger partial charge >= 0.3 is 6.18 Å². The molecule has 9 heteroatoms. The van der Waals surface area contributed by atoms with E-state index >= 15 is 0 Å². The molecule has 3 rings (SSSR count). The molecule has 5 nitrogen and oxygen atoms in total. The highest BCUT2D eigenvalue weighted by Gasteiger charge is 2.38. The number of anilines is 1. The number of hydrogen-bond acceptors (Lipinski definition) is 6. The van der Waals surface area contributed by atoms with Crippen molar-refractivity contribution in [3.05, 3.63) is 59.9 Å². The lowest BCUT2D eigenvalue weighted by atomic mass is 10.2. The topological polar surface area (TPSA) is 59.4 Å². The second-order valence-electron chi connectivity index (χ2n) is 5.05. The van der Waals surface area contributed by atoms with Crippen molar-refractivity contribution in [2.75, 3.05) is 12.5 Å². The Morgan fingerprint density at radius 3 is 2.54 bits per heavy atom. The maximum absolute atomic E-state index is 13.2. The normalized spacial score (nSPS) is 11.7. The summed E-state index contributed by atoms with van der Waals surface area (Å²) in [6.45, 7) is 0. The van der Waals surface area contributed by atoms with Gasteiger partial charge in [-0.2, -0.15) is 18.3 Å². The number of benzene rings is 1. The van der Waals surface area contributed by atoms with E-state index in [0.29, 0.717) is 5.75 Å². The van der Waals surface area contributed by atoms with Gasteiger partial charge in [0, 0.05) is 6.20 Å². The molecule has 1 aromatic carbocycles. The summed E-state index contributed by atoms with van der Waals surface area (Å²) in [6.07, 6.45) is -1.67. The fraction of sp³-hybridized carbons (Fsp3) is 0.118. The van der Waals surface area contributed by atoms with E-state index in [1.807, 2.05) is 0 Å². The van der Waals surface area contributed by atoms with Crippen molar-refractivity contribution in [3.63, 3.8) is 0 Å². The second kappa shape index (κ2) is 7.52. The average Bonchev–Trinajstić information content (AvgIpc) is 3.08. The van der Waals surface area contributed by atoms with Crippen LogP contribution in [-0.4, -0.2) is 23.3 Å². The summed E-state index contributed by atoms with van der Waals surface area (Å²) in [6, 6.07) is 11.8. The van der Waals surface area contributed by atoms with Crippen molar-refractivity contribution in [2.24, 2.45) is 5.10 Å². The van der Waals surface area contributed by atoms with E-state index in [9.17, 15) is 13.2 Å². The van der Waals surface area contributed by atoms with Crippen LogP contribution in [0.1, 0.15) is 11.3 Å². The van der Waals surface area contributed by atoms with Crippen LogP contribution in [0.15, 0.2) is 53.8 Å². The molecule has 0 unspecified atom stereocenters. The van der Waals surface area contributed by atoms with Crippen LogP contribution in [0.3, 0.4) is 0 Å². The Bertz CT molecular complexity index is 893. The third kappa shape index (κ3) is 4.17. The van der Waals surface area contributed by atoms with Gasteiger partial charge in [-0.3, -0.25) is 10.4 Å². The minimum Gasteiger partial charge on any atom is -0.497 e. The quantitative estimate of drug-likeness (QED) is 0.517. The summed E-state index contributed by atoms with van der Waals surface area (Å²) in [5.41, 5.74) is 2.53. The number of pyridine rings is 1. The van der Waals surface area contributed by atoms with Gasteiger partial charge in [-0.15, -0.1) is 0 Å². The first-order chi connectivity index (χ1) is 12.5. The minimum absolute atomic E-state index is 0.0303. The predicted molar refractivity (Wildman–Crippen MR) is 94.6 cm³/mol. The molecule has 0 saturated heterocycles. The van der Waals surface area contributed by atoms with Gasteiger partial charge in [0.05, 0.1) is 23.9 Å². The van der Waals surface area contributed by atoms with E-state index in [1.54, 1.807) is 43.5 Å². The van der Waals surface area contributed by atoms with Crippen LogP contribution in [0.5, 0.6) is 5.75 Å². The Morgan fingerprint density at radius 2 is 1.92 bits per heavy atom. The summed E-state index contributed by atoms with van der Waals surface area (Å²) in [5, 5.41) is 3.97. The van der Waals surface area contributed by atoms with E-state index in [2.05, 4.69) is 20.5 Å². The van der Waals surface area contributed by atoms with Crippen molar-refractivity contribution in [1.82, 2.24) is 9.97 Å². The highest BCUT2D eigenvalue weighted by atomic mass is 32.1. The first kappa shape index (κ1) is 17.9. The molecular weight excluding hydrogens is 365 g/mol. The van der Waals surface area contributed by atoms with E-state index in [1.165, 1.54) is 18.5 Å². The third-order valence-corrected chi connectivity index (χ3v) is 4.27. The Hall–Kier alpha value is -2.94. The Morgan fingerprint density at radius 1 is 1.15 bits per heavy atom. The van der Waals surface area contributed by atoms with Gasteiger partial charge in [-0.1, -0.05) is 17.4 Å². The molecule has 26 heavy (non-hydrogen) atoms. The van der Waals surface area contributed by atoms with Crippen molar-refractivity contribution in [2.45, 2.75) is 6.18 Å². The molecule has 0 aliphatic heterocycles.